The number of hydrogen-bond donors (Lipinski definition) is 1. The van der Waals surface area contributed by atoms with E-state index in [1.54, 1.807) is 18.2 Å². The fourth-order valence-electron chi connectivity index (χ4n) is 5.87. The van der Waals surface area contributed by atoms with E-state index in [4.69, 9.17) is 4.42 Å². The normalized spacial score (nSPS) is 19.6. The lowest BCUT2D eigenvalue weighted by atomic mass is 9.83. The van der Waals surface area contributed by atoms with Crippen LogP contribution in [0, 0.1) is 5.92 Å². The lowest BCUT2D eigenvalue weighted by Gasteiger charge is -2.42. The van der Waals surface area contributed by atoms with Gasteiger partial charge < -0.3 is 14.1 Å². The van der Waals surface area contributed by atoms with Crippen LogP contribution in [0.15, 0.2) is 74.7 Å². The number of fused-ring (bicyclic) bond motifs is 6. The molecule has 36 heavy (non-hydrogen) atoms. The van der Waals surface area contributed by atoms with E-state index in [0.29, 0.717) is 40.7 Å². The molecule has 0 amide bonds. The van der Waals surface area contributed by atoms with Gasteiger partial charge in [-0.05, 0) is 48.7 Å². The van der Waals surface area contributed by atoms with Gasteiger partial charge in [-0.2, -0.15) is 0 Å². The van der Waals surface area contributed by atoms with Gasteiger partial charge in [0, 0.05) is 49.2 Å². The molecule has 5 heterocycles. The summed E-state index contributed by atoms with van der Waals surface area (Å²) in [6.07, 6.45) is 1.06. The van der Waals surface area contributed by atoms with Crippen LogP contribution in [0.25, 0.3) is 31.8 Å². The molecule has 0 aliphatic carbocycles. The number of pyridine rings is 1. The van der Waals surface area contributed by atoms with Gasteiger partial charge in [-0.25, -0.2) is 9.78 Å². The predicted molar refractivity (Wildman–Crippen MR) is 140 cm³/mol. The van der Waals surface area contributed by atoms with Crippen LogP contribution in [0.5, 0.6) is 5.75 Å². The Bertz CT molecular complexity index is 1740. The van der Waals surface area contributed by atoms with Crippen molar-refractivity contribution in [1.82, 2.24) is 14.5 Å². The number of hydrogen-bond acceptors (Lipinski definition) is 7. The second-order valence-corrected chi connectivity index (χ2v) is 10.8. The Labute approximate surface area is 209 Å². The SMILES string of the molecule is O=c1oc2c(CN3CC4CC(C3)c3cccc(=O)n3C4)c(O)ccc2cc1-c1nc2ccccc2s1. The third-order valence-electron chi connectivity index (χ3n) is 7.44. The largest absolute Gasteiger partial charge is 0.507 e. The van der Waals surface area contributed by atoms with E-state index in [9.17, 15) is 14.7 Å². The van der Waals surface area contributed by atoms with E-state index in [2.05, 4.69) is 9.88 Å². The fraction of sp³-hybridized carbons (Fsp3) is 0.250. The first-order valence-electron chi connectivity index (χ1n) is 12.1. The predicted octanol–water partition coefficient (Wildman–Crippen LogP) is 4.56. The first-order chi connectivity index (χ1) is 17.5. The Morgan fingerprint density at radius 2 is 1.92 bits per heavy atom. The summed E-state index contributed by atoms with van der Waals surface area (Å²) in [4.78, 5) is 32.3. The van der Waals surface area contributed by atoms with Gasteiger partial charge in [0.2, 0.25) is 0 Å². The van der Waals surface area contributed by atoms with Crippen molar-refractivity contribution in [3.8, 4) is 16.3 Å². The summed E-state index contributed by atoms with van der Waals surface area (Å²) in [6, 6.07) is 18.6. The van der Waals surface area contributed by atoms with Crippen molar-refractivity contribution in [2.75, 3.05) is 13.1 Å². The summed E-state index contributed by atoms with van der Waals surface area (Å²) >= 11 is 1.46. The molecule has 8 heteroatoms. The molecule has 180 valence electrons. The molecule has 1 N–H and O–H groups in total. The summed E-state index contributed by atoms with van der Waals surface area (Å²) in [5.41, 5.74) is 2.99. The molecule has 5 aromatic rings. The molecule has 2 aliphatic rings. The topological polar surface area (TPSA) is 88.6 Å². The van der Waals surface area contributed by atoms with Gasteiger partial charge >= 0.3 is 5.63 Å². The Morgan fingerprint density at radius 3 is 2.81 bits per heavy atom. The average molecular weight is 498 g/mol. The Hall–Kier alpha value is -3.75. The number of phenolic OH excluding ortho intramolecular Hbond substituents is 1. The standard InChI is InChI=1S/C28H23N3O4S/c32-23-9-8-17-11-19(27-29-21-4-1-2-6-24(21)36-27)28(34)35-26(17)20(23)15-30-12-16-10-18(14-30)22-5-3-7-25(33)31(22)13-16/h1-9,11,16,18,32H,10,12-15H2. The smallest absolute Gasteiger partial charge is 0.346 e. The van der Waals surface area contributed by atoms with Gasteiger partial charge in [-0.15, -0.1) is 11.3 Å². The minimum Gasteiger partial charge on any atom is -0.507 e. The molecule has 2 aromatic carbocycles. The van der Waals surface area contributed by atoms with Gasteiger partial charge in [0.05, 0.1) is 21.3 Å². The lowest BCUT2D eigenvalue weighted by Crippen LogP contribution is -2.46. The molecule has 2 unspecified atom stereocenters. The number of rotatable bonds is 3. The zero-order chi connectivity index (χ0) is 24.4. The highest BCUT2D eigenvalue weighted by molar-refractivity contribution is 7.21. The van der Waals surface area contributed by atoms with Crippen molar-refractivity contribution >= 4 is 32.5 Å². The summed E-state index contributed by atoms with van der Waals surface area (Å²) in [5.74, 6) is 0.748. The van der Waals surface area contributed by atoms with Crippen LogP contribution in [0.4, 0.5) is 0 Å². The van der Waals surface area contributed by atoms with E-state index in [-0.39, 0.29) is 17.2 Å². The number of aromatic hydroxyl groups is 1. The maximum absolute atomic E-state index is 13.1. The third kappa shape index (κ3) is 3.48. The van der Waals surface area contributed by atoms with Gasteiger partial charge in [0.15, 0.2) is 0 Å². The van der Waals surface area contributed by atoms with Crippen LogP contribution in [0.1, 0.15) is 23.6 Å². The number of likely N-dealkylation sites (tertiary alicyclic amines) is 1. The van der Waals surface area contributed by atoms with E-state index >= 15 is 0 Å². The number of thiazole rings is 1. The lowest BCUT2D eigenvalue weighted by molar-refractivity contribution is 0.113. The third-order valence-corrected chi connectivity index (χ3v) is 8.51. The number of benzene rings is 2. The van der Waals surface area contributed by atoms with Crippen LogP contribution >= 0.6 is 11.3 Å². The highest BCUT2D eigenvalue weighted by Crippen LogP contribution is 2.38. The molecule has 2 atom stereocenters. The Morgan fingerprint density at radius 1 is 1.03 bits per heavy atom. The highest BCUT2D eigenvalue weighted by Gasteiger charge is 2.35. The van der Waals surface area contributed by atoms with Gasteiger partial charge in [0.25, 0.3) is 5.56 Å². The number of nitrogens with zero attached hydrogens (tertiary/aromatic N) is 3. The van der Waals surface area contributed by atoms with E-state index in [1.807, 2.05) is 47.0 Å². The molecule has 0 saturated carbocycles. The maximum Gasteiger partial charge on any atom is 0.346 e. The summed E-state index contributed by atoms with van der Waals surface area (Å²) in [6.45, 7) is 2.78. The van der Waals surface area contributed by atoms with Crippen molar-refractivity contribution in [1.29, 1.82) is 0 Å². The van der Waals surface area contributed by atoms with Gasteiger partial charge in [0.1, 0.15) is 16.3 Å². The minimum absolute atomic E-state index is 0.0630. The number of para-hydroxylation sites is 1. The van der Waals surface area contributed by atoms with E-state index < -0.39 is 5.63 Å². The van der Waals surface area contributed by atoms with Crippen LogP contribution < -0.4 is 11.2 Å². The number of phenols is 1. The second kappa shape index (κ2) is 8.15. The molecule has 0 spiro atoms. The average Bonchev–Trinajstić information content (AvgIpc) is 3.30. The Kier molecular flexibility index (Phi) is 4.87. The molecular formula is C28H23N3O4S. The molecule has 0 radical (unpaired) electrons. The van der Waals surface area contributed by atoms with Crippen molar-refractivity contribution < 1.29 is 9.52 Å². The fourth-order valence-corrected chi connectivity index (χ4v) is 6.84. The second-order valence-electron chi connectivity index (χ2n) is 9.81. The molecule has 3 aromatic heterocycles. The number of piperidine rings is 1. The number of aromatic nitrogens is 2. The molecule has 7 rings (SSSR count). The van der Waals surface area contributed by atoms with Gasteiger partial charge in [-0.1, -0.05) is 18.2 Å². The van der Waals surface area contributed by atoms with Crippen LogP contribution in [-0.2, 0) is 13.1 Å². The Balaban J connectivity index is 1.24. The van der Waals surface area contributed by atoms with Crippen molar-refractivity contribution in [2.45, 2.75) is 25.4 Å². The first kappa shape index (κ1) is 21.5. The van der Waals surface area contributed by atoms with E-state index in [0.717, 1.165) is 40.8 Å². The molecule has 1 fully saturated rings. The summed E-state index contributed by atoms with van der Waals surface area (Å²) < 4.78 is 8.76. The van der Waals surface area contributed by atoms with Crippen molar-refractivity contribution in [3.05, 3.63) is 92.7 Å². The minimum atomic E-state index is -0.461. The molecular weight excluding hydrogens is 474 g/mol. The monoisotopic (exact) mass is 497 g/mol. The first-order valence-corrected chi connectivity index (χ1v) is 12.9. The maximum atomic E-state index is 13.1. The quantitative estimate of drug-likeness (QED) is 0.368. The highest BCUT2D eigenvalue weighted by atomic mass is 32.1. The summed E-state index contributed by atoms with van der Waals surface area (Å²) in [7, 11) is 0. The zero-order valence-corrected chi connectivity index (χ0v) is 20.2. The molecule has 2 aliphatic heterocycles. The summed E-state index contributed by atoms with van der Waals surface area (Å²) in [5, 5.41) is 12.1. The van der Waals surface area contributed by atoms with Crippen LogP contribution in [-0.4, -0.2) is 32.6 Å². The van der Waals surface area contributed by atoms with E-state index in [1.165, 1.54) is 11.3 Å². The van der Waals surface area contributed by atoms with Crippen LogP contribution in [0.3, 0.4) is 0 Å². The molecule has 1 saturated heterocycles. The molecule has 2 bridgehead atoms. The van der Waals surface area contributed by atoms with Crippen molar-refractivity contribution in [2.24, 2.45) is 5.92 Å². The zero-order valence-electron chi connectivity index (χ0n) is 19.4. The molecule has 7 nitrogen and oxygen atoms in total. The van der Waals surface area contributed by atoms with Gasteiger partial charge in [-0.3, -0.25) is 9.69 Å². The van der Waals surface area contributed by atoms with Crippen molar-refractivity contribution in [3.63, 3.8) is 0 Å². The van der Waals surface area contributed by atoms with Crippen LogP contribution in [0.2, 0.25) is 0 Å².